The SMILES string of the molecule is CSc1ccc(C(=O)Cl)c(Cl)c1COCC(F)(F)F. The van der Waals surface area contributed by atoms with Gasteiger partial charge >= 0.3 is 6.18 Å². The second-order valence-electron chi connectivity index (χ2n) is 3.49. The molecular weight excluding hydrogens is 324 g/mol. The highest BCUT2D eigenvalue weighted by Gasteiger charge is 2.28. The number of thioether (sulfide) groups is 1. The second kappa shape index (κ2) is 6.83. The molecule has 106 valence electrons. The molecule has 2 nitrogen and oxygen atoms in total. The summed E-state index contributed by atoms with van der Waals surface area (Å²) in [5, 5.41) is -0.747. The summed E-state index contributed by atoms with van der Waals surface area (Å²) in [6.45, 7) is -1.72. The lowest BCUT2D eigenvalue weighted by Crippen LogP contribution is -2.17. The largest absolute Gasteiger partial charge is 0.411 e. The third-order valence-corrected chi connectivity index (χ3v) is 3.60. The van der Waals surface area contributed by atoms with Crippen LogP contribution in [0.5, 0.6) is 0 Å². The molecule has 0 amide bonds. The van der Waals surface area contributed by atoms with Crippen molar-refractivity contribution < 1.29 is 22.7 Å². The van der Waals surface area contributed by atoms with E-state index in [0.717, 1.165) is 0 Å². The minimum atomic E-state index is -4.41. The lowest BCUT2D eigenvalue weighted by molar-refractivity contribution is -0.176. The minimum absolute atomic E-state index is 0.0222. The van der Waals surface area contributed by atoms with Gasteiger partial charge in [0.2, 0.25) is 0 Å². The van der Waals surface area contributed by atoms with Crippen LogP contribution in [0.2, 0.25) is 5.02 Å². The smallest absolute Gasteiger partial charge is 0.367 e. The van der Waals surface area contributed by atoms with Gasteiger partial charge in [-0.3, -0.25) is 4.79 Å². The number of alkyl halides is 3. The number of ether oxygens (including phenoxy) is 1. The summed E-state index contributed by atoms with van der Waals surface area (Å²) in [5.74, 6) is 0. The van der Waals surface area contributed by atoms with Gasteiger partial charge in [-0.1, -0.05) is 11.6 Å². The van der Waals surface area contributed by atoms with Crippen LogP contribution in [0, 0.1) is 0 Å². The van der Waals surface area contributed by atoms with Crippen molar-refractivity contribution >= 4 is 40.2 Å². The molecule has 1 aromatic rings. The standard InChI is InChI=1S/C11H9Cl2F3O2S/c1-19-8-3-2-6(10(13)17)9(12)7(8)4-18-5-11(14,15)16/h2-3H,4-5H2,1H3. The van der Waals surface area contributed by atoms with Gasteiger partial charge in [-0.05, 0) is 30.0 Å². The molecule has 0 heterocycles. The predicted molar refractivity (Wildman–Crippen MR) is 69.1 cm³/mol. The van der Waals surface area contributed by atoms with E-state index >= 15 is 0 Å². The average molecular weight is 333 g/mol. The van der Waals surface area contributed by atoms with Crippen molar-refractivity contribution in [1.29, 1.82) is 0 Å². The number of hydrogen-bond donors (Lipinski definition) is 0. The Morgan fingerprint density at radius 2 is 2.05 bits per heavy atom. The fourth-order valence-electron chi connectivity index (χ4n) is 1.35. The zero-order chi connectivity index (χ0) is 14.6. The van der Waals surface area contributed by atoms with E-state index in [1.807, 2.05) is 0 Å². The Balaban J connectivity index is 2.97. The van der Waals surface area contributed by atoms with Crippen LogP contribution >= 0.6 is 35.0 Å². The monoisotopic (exact) mass is 332 g/mol. The zero-order valence-corrected chi connectivity index (χ0v) is 12.0. The van der Waals surface area contributed by atoms with Crippen molar-refractivity contribution in [1.82, 2.24) is 0 Å². The fourth-order valence-corrected chi connectivity index (χ4v) is 2.53. The van der Waals surface area contributed by atoms with Crippen LogP contribution in [0.25, 0.3) is 0 Å². The molecule has 0 saturated carbocycles. The van der Waals surface area contributed by atoms with E-state index in [1.165, 1.54) is 17.8 Å². The Hall–Kier alpha value is -0.430. The van der Waals surface area contributed by atoms with Crippen molar-refractivity contribution in [2.45, 2.75) is 17.7 Å². The van der Waals surface area contributed by atoms with Crippen LogP contribution in [0.1, 0.15) is 15.9 Å². The van der Waals surface area contributed by atoms with Gasteiger partial charge < -0.3 is 4.74 Å². The lowest BCUT2D eigenvalue weighted by Gasteiger charge is -2.13. The zero-order valence-electron chi connectivity index (χ0n) is 9.68. The summed E-state index contributed by atoms with van der Waals surface area (Å²) >= 11 is 12.6. The van der Waals surface area contributed by atoms with Gasteiger partial charge in [0, 0.05) is 10.5 Å². The maximum Gasteiger partial charge on any atom is 0.411 e. The first kappa shape index (κ1) is 16.6. The maximum absolute atomic E-state index is 12.0. The molecule has 0 bridgehead atoms. The highest BCUT2D eigenvalue weighted by Crippen LogP contribution is 2.32. The van der Waals surface area contributed by atoms with Crippen molar-refractivity contribution in [3.63, 3.8) is 0 Å². The first-order chi connectivity index (χ1) is 8.76. The van der Waals surface area contributed by atoms with E-state index in [4.69, 9.17) is 23.2 Å². The molecule has 0 aliphatic carbocycles. The van der Waals surface area contributed by atoms with Crippen LogP contribution in [-0.2, 0) is 11.3 Å². The molecule has 0 aliphatic heterocycles. The fraction of sp³-hybridized carbons (Fsp3) is 0.364. The van der Waals surface area contributed by atoms with Crippen molar-refractivity contribution in [2.24, 2.45) is 0 Å². The van der Waals surface area contributed by atoms with Gasteiger partial charge in [0.1, 0.15) is 6.61 Å². The number of halogens is 5. The summed E-state index contributed by atoms with van der Waals surface area (Å²) in [4.78, 5) is 11.7. The molecule has 8 heteroatoms. The average Bonchev–Trinajstić information content (AvgIpc) is 2.28. The van der Waals surface area contributed by atoms with Crippen LogP contribution < -0.4 is 0 Å². The topological polar surface area (TPSA) is 26.3 Å². The molecule has 0 N–H and O–H groups in total. The van der Waals surface area contributed by atoms with Gasteiger partial charge in [-0.25, -0.2) is 0 Å². The quantitative estimate of drug-likeness (QED) is 0.585. The van der Waals surface area contributed by atoms with E-state index in [2.05, 4.69) is 4.74 Å². The summed E-state index contributed by atoms with van der Waals surface area (Å²) < 4.78 is 40.6. The molecule has 0 spiro atoms. The third kappa shape index (κ3) is 4.87. The van der Waals surface area contributed by atoms with Gasteiger partial charge in [-0.2, -0.15) is 13.2 Å². The summed E-state index contributed by atoms with van der Waals surface area (Å²) in [6, 6.07) is 3.00. The Morgan fingerprint density at radius 1 is 1.42 bits per heavy atom. The Kier molecular flexibility index (Phi) is 5.98. The highest BCUT2D eigenvalue weighted by molar-refractivity contribution is 7.98. The Bertz CT molecular complexity index is 478. The Morgan fingerprint density at radius 3 is 2.53 bits per heavy atom. The van der Waals surface area contributed by atoms with E-state index in [9.17, 15) is 18.0 Å². The molecule has 1 aromatic carbocycles. The number of benzene rings is 1. The van der Waals surface area contributed by atoms with E-state index in [1.54, 1.807) is 12.3 Å². The van der Waals surface area contributed by atoms with Crippen LogP contribution in [0.4, 0.5) is 13.2 Å². The van der Waals surface area contributed by atoms with Gasteiger partial charge in [-0.15, -0.1) is 11.8 Å². The second-order valence-corrected chi connectivity index (χ2v) is 5.06. The number of carbonyl (C=O) groups excluding carboxylic acids is 1. The third-order valence-electron chi connectivity index (χ3n) is 2.14. The summed E-state index contributed by atoms with van der Waals surface area (Å²) in [5.41, 5.74) is 0.372. The normalized spacial score (nSPS) is 11.7. The van der Waals surface area contributed by atoms with Crippen LogP contribution in [0.3, 0.4) is 0 Å². The molecule has 0 saturated heterocycles. The number of carbonyl (C=O) groups is 1. The highest BCUT2D eigenvalue weighted by atomic mass is 35.5. The van der Waals surface area contributed by atoms with Crippen LogP contribution in [-0.4, -0.2) is 24.3 Å². The first-order valence-electron chi connectivity index (χ1n) is 4.96. The molecule has 0 radical (unpaired) electrons. The summed E-state index contributed by atoms with van der Waals surface area (Å²) in [6.07, 6.45) is -2.67. The van der Waals surface area contributed by atoms with E-state index < -0.39 is 18.0 Å². The van der Waals surface area contributed by atoms with Gasteiger partial charge in [0.25, 0.3) is 5.24 Å². The molecular formula is C11H9Cl2F3O2S. The van der Waals surface area contributed by atoms with Crippen LogP contribution in [0.15, 0.2) is 17.0 Å². The molecule has 0 atom stereocenters. The minimum Gasteiger partial charge on any atom is -0.367 e. The van der Waals surface area contributed by atoms with E-state index in [0.29, 0.717) is 10.5 Å². The molecule has 19 heavy (non-hydrogen) atoms. The van der Waals surface area contributed by atoms with Gasteiger partial charge in [0.05, 0.1) is 17.2 Å². The lowest BCUT2D eigenvalue weighted by atomic mass is 10.1. The van der Waals surface area contributed by atoms with Crippen molar-refractivity contribution in [2.75, 3.05) is 12.9 Å². The van der Waals surface area contributed by atoms with Gasteiger partial charge in [0.15, 0.2) is 0 Å². The van der Waals surface area contributed by atoms with Crippen molar-refractivity contribution in [3.8, 4) is 0 Å². The maximum atomic E-state index is 12.0. The molecule has 0 unspecified atom stereocenters. The molecule has 0 fully saturated rings. The molecule has 0 aromatic heterocycles. The number of hydrogen-bond acceptors (Lipinski definition) is 3. The first-order valence-corrected chi connectivity index (χ1v) is 6.94. The molecule has 1 rings (SSSR count). The summed E-state index contributed by atoms with van der Waals surface area (Å²) in [7, 11) is 0. The predicted octanol–water partition coefficient (Wildman–Crippen LogP) is 4.52. The molecule has 0 aliphatic rings. The Labute approximate surface area is 122 Å². The van der Waals surface area contributed by atoms with E-state index in [-0.39, 0.29) is 17.2 Å². The van der Waals surface area contributed by atoms with Crippen molar-refractivity contribution in [3.05, 3.63) is 28.3 Å². The number of rotatable bonds is 5.